The highest BCUT2D eigenvalue weighted by Crippen LogP contribution is 2.21. The van der Waals surface area contributed by atoms with Gasteiger partial charge in [0.25, 0.3) is 0 Å². The van der Waals surface area contributed by atoms with Crippen LogP contribution < -0.4 is 5.32 Å². The monoisotopic (exact) mass is 376 g/mol. The van der Waals surface area contributed by atoms with Crippen LogP contribution in [0, 0.1) is 0 Å². The first-order valence-electron chi connectivity index (χ1n) is 6.76. The van der Waals surface area contributed by atoms with Crippen LogP contribution >= 0.6 is 35.6 Å². The molecular formula is C15H19Cl3N4O. The van der Waals surface area contributed by atoms with Gasteiger partial charge in [0.15, 0.2) is 0 Å². The van der Waals surface area contributed by atoms with E-state index in [0.29, 0.717) is 16.6 Å². The summed E-state index contributed by atoms with van der Waals surface area (Å²) in [5.74, 6) is -0.0494. The second kappa shape index (κ2) is 8.55. The van der Waals surface area contributed by atoms with Crippen LogP contribution in [0.25, 0.3) is 0 Å². The number of amides is 1. The van der Waals surface area contributed by atoms with Crippen LogP contribution in [0.3, 0.4) is 0 Å². The molecule has 5 nitrogen and oxygen atoms in total. The molecule has 0 aliphatic carbocycles. The third-order valence-corrected chi connectivity index (χ3v) is 3.75. The van der Waals surface area contributed by atoms with E-state index in [1.807, 2.05) is 13.2 Å². The number of benzene rings is 1. The molecule has 0 saturated heterocycles. The Kier molecular flexibility index (Phi) is 7.35. The van der Waals surface area contributed by atoms with Crippen molar-refractivity contribution in [2.45, 2.75) is 12.6 Å². The van der Waals surface area contributed by atoms with Crippen molar-refractivity contribution in [2.75, 3.05) is 14.1 Å². The summed E-state index contributed by atoms with van der Waals surface area (Å²) in [6.45, 7) is 0.428. The molecule has 1 N–H and O–H groups in total. The van der Waals surface area contributed by atoms with Crippen LogP contribution in [0.15, 0.2) is 30.6 Å². The van der Waals surface area contributed by atoms with Crippen LogP contribution in [0.5, 0.6) is 0 Å². The number of aryl methyl sites for hydroxylation is 1. The average Bonchev–Trinajstić information content (AvgIpc) is 2.84. The van der Waals surface area contributed by atoms with E-state index >= 15 is 0 Å². The second-order valence-corrected chi connectivity index (χ2v) is 6.01. The molecule has 1 heterocycles. The van der Waals surface area contributed by atoms with Crippen molar-refractivity contribution in [3.8, 4) is 0 Å². The maximum atomic E-state index is 12.6. The Morgan fingerprint density at radius 2 is 1.96 bits per heavy atom. The number of carbonyl (C=O) groups is 1. The number of hydrogen-bond acceptors (Lipinski definition) is 3. The van der Waals surface area contributed by atoms with Crippen molar-refractivity contribution >= 4 is 41.5 Å². The van der Waals surface area contributed by atoms with E-state index in [0.717, 1.165) is 11.1 Å². The van der Waals surface area contributed by atoms with Crippen molar-refractivity contribution in [1.82, 2.24) is 20.0 Å². The zero-order valence-corrected chi connectivity index (χ0v) is 15.4. The molecule has 0 aliphatic rings. The molecule has 1 amide bonds. The molecule has 0 bridgehead atoms. The van der Waals surface area contributed by atoms with E-state index in [2.05, 4.69) is 10.4 Å². The fourth-order valence-electron chi connectivity index (χ4n) is 2.30. The summed E-state index contributed by atoms with van der Waals surface area (Å²) in [6.07, 6.45) is 3.51. The van der Waals surface area contributed by atoms with Gasteiger partial charge in [-0.15, -0.1) is 12.4 Å². The molecule has 23 heavy (non-hydrogen) atoms. The summed E-state index contributed by atoms with van der Waals surface area (Å²) in [4.78, 5) is 14.3. The Morgan fingerprint density at radius 3 is 2.43 bits per heavy atom. The number of aromatic nitrogens is 2. The van der Waals surface area contributed by atoms with Gasteiger partial charge in [0, 0.05) is 42.4 Å². The van der Waals surface area contributed by atoms with Gasteiger partial charge in [-0.25, -0.2) is 0 Å². The highest BCUT2D eigenvalue weighted by molar-refractivity contribution is 6.34. The third-order valence-electron chi connectivity index (χ3n) is 3.31. The fraction of sp³-hybridized carbons (Fsp3) is 0.333. The first-order chi connectivity index (χ1) is 10.4. The summed E-state index contributed by atoms with van der Waals surface area (Å²) in [5, 5.41) is 8.24. The van der Waals surface area contributed by atoms with Crippen LogP contribution in [0.1, 0.15) is 17.2 Å². The molecular weight excluding hydrogens is 359 g/mol. The Hall–Kier alpha value is -1.27. The molecule has 1 unspecified atom stereocenters. The van der Waals surface area contributed by atoms with Crippen molar-refractivity contribution in [3.05, 3.63) is 51.8 Å². The molecule has 0 fully saturated rings. The lowest BCUT2D eigenvalue weighted by Gasteiger charge is -2.23. The Morgan fingerprint density at radius 1 is 1.35 bits per heavy atom. The van der Waals surface area contributed by atoms with E-state index in [9.17, 15) is 4.79 Å². The Balaban J connectivity index is 0.00000264. The van der Waals surface area contributed by atoms with Gasteiger partial charge in [0.1, 0.15) is 6.04 Å². The van der Waals surface area contributed by atoms with E-state index < -0.39 is 6.04 Å². The molecule has 1 aromatic carbocycles. The first-order valence-corrected chi connectivity index (χ1v) is 7.52. The summed E-state index contributed by atoms with van der Waals surface area (Å²) >= 11 is 12.0. The minimum atomic E-state index is -0.437. The Labute approximate surface area is 152 Å². The van der Waals surface area contributed by atoms with E-state index in [-0.39, 0.29) is 18.3 Å². The molecule has 0 saturated carbocycles. The van der Waals surface area contributed by atoms with E-state index in [1.165, 1.54) is 0 Å². The van der Waals surface area contributed by atoms with Crippen LogP contribution in [-0.2, 0) is 18.4 Å². The second-order valence-electron chi connectivity index (χ2n) is 5.14. The molecule has 2 rings (SSSR count). The van der Waals surface area contributed by atoms with Gasteiger partial charge < -0.3 is 10.2 Å². The quantitative estimate of drug-likeness (QED) is 0.871. The van der Waals surface area contributed by atoms with Gasteiger partial charge in [0.2, 0.25) is 5.91 Å². The molecule has 0 radical (unpaired) electrons. The first kappa shape index (κ1) is 19.8. The summed E-state index contributed by atoms with van der Waals surface area (Å²) in [7, 11) is 5.32. The fourth-order valence-corrected chi connectivity index (χ4v) is 2.87. The van der Waals surface area contributed by atoms with E-state index in [1.54, 1.807) is 48.1 Å². The minimum Gasteiger partial charge on any atom is -0.340 e. The number of carbonyl (C=O) groups excluding carboxylic acids is 1. The van der Waals surface area contributed by atoms with Gasteiger partial charge >= 0.3 is 0 Å². The molecule has 1 aromatic heterocycles. The van der Waals surface area contributed by atoms with Crippen molar-refractivity contribution in [3.63, 3.8) is 0 Å². The number of nitrogens with zero attached hydrogens (tertiary/aromatic N) is 3. The predicted octanol–water partition coefficient (Wildman–Crippen LogP) is 3.07. The van der Waals surface area contributed by atoms with Gasteiger partial charge in [-0.2, -0.15) is 5.10 Å². The van der Waals surface area contributed by atoms with Crippen molar-refractivity contribution in [1.29, 1.82) is 0 Å². The highest BCUT2D eigenvalue weighted by atomic mass is 35.5. The number of likely N-dealkylation sites (N-methyl/N-ethyl adjacent to an activating group) is 2. The number of nitrogens with one attached hydrogen (secondary N) is 1. The van der Waals surface area contributed by atoms with Crippen LogP contribution in [0.2, 0.25) is 10.0 Å². The SMILES string of the molecule is CNC(C(=O)N(C)Cc1cc(Cl)cc(Cl)c1)c1cnn(C)c1.Cl. The van der Waals surface area contributed by atoms with Crippen LogP contribution in [0.4, 0.5) is 0 Å². The van der Waals surface area contributed by atoms with Crippen molar-refractivity contribution < 1.29 is 4.79 Å². The minimum absolute atomic E-state index is 0. The Bertz CT molecular complexity index is 654. The lowest BCUT2D eigenvalue weighted by molar-refractivity contribution is -0.132. The van der Waals surface area contributed by atoms with Gasteiger partial charge in [-0.1, -0.05) is 23.2 Å². The number of rotatable bonds is 5. The summed E-state index contributed by atoms with van der Waals surface area (Å²) in [6, 6.07) is 4.83. The summed E-state index contributed by atoms with van der Waals surface area (Å²) in [5.41, 5.74) is 1.71. The largest absolute Gasteiger partial charge is 0.340 e. The number of hydrogen-bond donors (Lipinski definition) is 1. The van der Waals surface area contributed by atoms with Crippen LogP contribution in [-0.4, -0.2) is 34.7 Å². The molecule has 1 atom stereocenters. The molecule has 8 heteroatoms. The summed E-state index contributed by atoms with van der Waals surface area (Å²) < 4.78 is 1.67. The lowest BCUT2D eigenvalue weighted by atomic mass is 10.1. The van der Waals surface area contributed by atoms with Gasteiger partial charge in [-0.05, 0) is 30.8 Å². The van der Waals surface area contributed by atoms with Gasteiger partial charge in [0.05, 0.1) is 6.20 Å². The average molecular weight is 378 g/mol. The van der Waals surface area contributed by atoms with E-state index in [4.69, 9.17) is 23.2 Å². The topological polar surface area (TPSA) is 50.2 Å². The van der Waals surface area contributed by atoms with Crippen molar-refractivity contribution in [2.24, 2.45) is 7.05 Å². The highest BCUT2D eigenvalue weighted by Gasteiger charge is 2.23. The maximum Gasteiger partial charge on any atom is 0.244 e. The zero-order valence-electron chi connectivity index (χ0n) is 13.1. The van der Waals surface area contributed by atoms with Gasteiger partial charge in [-0.3, -0.25) is 9.48 Å². The molecule has 0 aliphatic heterocycles. The maximum absolute atomic E-state index is 12.6. The predicted molar refractivity (Wildman–Crippen MR) is 95.2 cm³/mol. The molecule has 126 valence electrons. The normalized spacial score (nSPS) is 11.7. The molecule has 2 aromatic rings. The standard InChI is InChI=1S/C15H18Cl2N4O.ClH/c1-18-14(11-7-19-21(3)9-11)15(22)20(2)8-10-4-12(16)6-13(17)5-10;/h4-7,9,14,18H,8H2,1-3H3;1H. The smallest absolute Gasteiger partial charge is 0.244 e. The lowest BCUT2D eigenvalue weighted by Crippen LogP contribution is -2.37. The zero-order chi connectivity index (χ0) is 16.3. The third kappa shape index (κ3) is 5.11. The number of halogens is 3. The molecule has 0 spiro atoms.